The number of halogens is 2. The van der Waals surface area contributed by atoms with Gasteiger partial charge in [0.2, 0.25) is 0 Å². The molecule has 2 atom stereocenters. The first-order valence-corrected chi connectivity index (χ1v) is 10.8. The zero-order valence-electron chi connectivity index (χ0n) is 16.5. The number of amidine groups is 1. The molecular formula is C21H23Cl2N5S. The molecule has 0 amide bonds. The van der Waals surface area contributed by atoms with Crippen LogP contribution in [0.2, 0.25) is 10.0 Å². The van der Waals surface area contributed by atoms with Crippen molar-refractivity contribution < 1.29 is 0 Å². The molecule has 0 saturated heterocycles. The standard InChI is InChI=1S/C21H23Cl2N5S/c1-13(2)21(19(28-14(3)24)8-15-4-6-25-7-5-15)20(26-12-27-21)29-18-10-16(22)9-17(23)11-18/h4-7,9-13,19H,8H2,1-3H3,(H2,24,28). The molecule has 2 unspecified atom stereocenters. The van der Waals surface area contributed by atoms with Gasteiger partial charge in [0.05, 0.1) is 11.9 Å². The van der Waals surface area contributed by atoms with Crippen molar-refractivity contribution in [3.63, 3.8) is 0 Å². The molecule has 29 heavy (non-hydrogen) atoms. The molecule has 0 spiro atoms. The minimum absolute atomic E-state index is 0.136. The largest absolute Gasteiger partial charge is 0.388 e. The Hall–Kier alpha value is -1.89. The monoisotopic (exact) mass is 447 g/mol. The Morgan fingerprint density at radius 2 is 1.83 bits per heavy atom. The topological polar surface area (TPSA) is 76.0 Å². The highest BCUT2D eigenvalue weighted by Gasteiger charge is 2.48. The van der Waals surface area contributed by atoms with Crippen molar-refractivity contribution in [2.24, 2.45) is 26.6 Å². The maximum atomic E-state index is 6.19. The number of hydrogen-bond acceptors (Lipinski definition) is 5. The number of nitrogens with zero attached hydrogens (tertiary/aromatic N) is 4. The summed E-state index contributed by atoms with van der Waals surface area (Å²) in [6.45, 7) is 6.06. The molecule has 0 radical (unpaired) electrons. The highest BCUT2D eigenvalue weighted by atomic mass is 35.5. The second kappa shape index (κ2) is 9.28. The number of benzene rings is 1. The van der Waals surface area contributed by atoms with E-state index in [1.54, 1.807) is 31.7 Å². The summed E-state index contributed by atoms with van der Waals surface area (Å²) in [6, 6.07) is 9.22. The lowest BCUT2D eigenvalue weighted by Gasteiger charge is -2.37. The maximum absolute atomic E-state index is 6.19. The van der Waals surface area contributed by atoms with Crippen LogP contribution < -0.4 is 5.73 Å². The number of aromatic nitrogens is 1. The smallest absolute Gasteiger partial charge is 0.136 e. The van der Waals surface area contributed by atoms with Gasteiger partial charge in [-0.25, -0.2) is 4.99 Å². The predicted molar refractivity (Wildman–Crippen MR) is 125 cm³/mol. The van der Waals surface area contributed by atoms with Crippen LogP contribution in [0.15, 0.2) is 62.6 Å². The van der Waals surface area contributed by atoms with E-state index < -0.39 is 5.54 Å². The van der Waals surface area contributed by atoms with E-state index in [2.05, 4.69) is 23.8 Å². The molecule has 0 saturated carbocycles. The van der Waals surface area contributed by atoms with Crippen LogP contribution in [0.1, 0.15) is 26.3 Å². The average Bonchev–Trinajstić information content (AvgIpc) is 3.05. The summed E-state index contributed by atoms with van der Waals surface area (Å²) in [6.07, 6.45) is 5.85. The van der Waals surface area contributed by atoms with Gasteiger partial charge in [0.25, 0.3) is 0 Å². The van der Waals surface area contributed by atoms with Crippen LogP contribution in [0, 0.1) is 5.92 Å². The Morgan fingerprint density at radius 3 is 2.41 bits per heavy atom. The lowest BCUT2D eigenvalue weighted by atomic mass is 9.78. The van der Waals surface area contributed by atoms with Crippen LogP contribution in [-0.2, 0) is 6.42 Å². The Labute approximate surface area is 185 Å². The van der Waals surface area contributed by atoms with Crippen LogP contribution in [0.5, 0.6) is 0 Å². The molecule has 0 aliphatic carbocycles. The maximum Gasteiger partial charge on any atom is 0.136 e. The third-order valence-corrected chi connectivity index (χ3v) is 6.30. The summed E-state index contributed by atoms with van der Waals surface area (Å²) in [5.41, 5.74) is 6.50. The first-order valence-electron chi connectivity index (χ1n) is 9.26. The quantitative estimate of drug-likeness (QED) is 0.481. The van der Waals surface area contributed by atoms with Crippen molar-refractivity contribution in [2.75, 3.05) is 0 Å². The number of hydrogen-bond donors (Lipinski definition) is 1. The summed E-state index contributed by atoms with van der Waals surface area (Å²) in [5.74, 6) is 0.651. The number of aliphatic imine (C=N–C) groups is 3. The van der Waals surface area contributed by atoms with E-state index in [1.807, 2.05) is 24.3 Å². The molecule has 3 rings (SSSR count). The molecule has 2 N–H and O–H groups in total. The van der Waals surface area contributed by atoms with Gasteiger partial charge in [-0.15, -0.1) is 0 Å². The first kappa shape index (κ1) is 21.8. The van der Waals surface area contributed by atoms with Crippen molar-refractivity contribution >= 4 is 52.2 Å². The van der Waals surface area contributed by atoms with Crippen LogP contribution in [-0.4, -0.2) is 33.8 Å². The molecule has 8 heteroatoms. The van der Waals surface area contributed by atoms with E-state index in [1.165, 1.54) is 11.8 Å². The van der Waals surface area contributed by atoms with E-state index in [-0.39, 0.29) is 12.0 Å². The number of nitrogens with two attached hydrogens (primary N) is 1. The Balaban J connectivity index is 2.02. The second-order valence-corrected chi connectivity index (χ2v) is 9.15. The minimum Gasteiger partial charge on any atom is -0.388 e. The number of rotatable bonds is 6. The molecule has 1 aliphatic rings. The summed E-state index contributed by atoms with van der Waals surface area (Å²) >= 11 is 13.9. The molecule has 1 aliphatic heterocycles. The zero-order valence-corrected chi connectivity index (χ0v) is 18.8. The third kappa shape index (κ3) is 5.00. The van der Waals surface area contributed by atoms with Crippen molar-refractivity contribution in [2.45, 2.75) is 43.7 Å². The zero-order chi connectivity index (χ0) is 21.0. The summed E-state index contributed by atoms with van der Waals surface area (Å²) in [4.78, 5) is 19.3. The fraction of sp³-hybridized carbons (Fsp3) is 0.333. The molecule has 152 valence electrons. The molecule has 0 fully saturated rings. The molecule has 2 aromatic rings. The van der Waals surface area contributed by atoms with Gasteiger partial charge in [-0.2, -0.15) is 0 Å². The van der Waals surface area contributed by atoms with E-state index in [0.29, 0.717) is 22.3 Å². The first-order chi connectivity index (χ1) is 13.8. The van der Waals surface area contributed by atoms with Crippen LogP contribution >= 0.6 is 35.0 Å². The third-order valence-electron chi connectivity index (χ3n) is 4.77. The Bertz CT molecular complexity index is 935. The van der Waals surface area contributed by atoms with E-state index in [4.69, 9.17) is 38.9 Å². The van der Waals surface area contributed by atoms with Gasteiger partial charge >= 0.3 is 0 Å². The average molecular weight is 448 g/mol. The summed E-state index contributed by atoms with van der Waals surface area (Å²) in [7, 11) is 0. The molecule has 1 aromatic heterocycles. The summed E-state index contributed by atoms with van der Waals surface area (Å²) < 4.78 is 0. The normalized spacial score (nSPS) is 20.2. The molecule has 1 aromatic carbocycles. The van der Waals surface area contributed by atoms with E-state index in [9.17, 15) is 0 Å². The van der Waals surface area contributed by atoms with Gasteiger partial charge in [0.15, 0.2) is 0 Å². The molecular weight excluding hydrogens is 425 g/mol. The van der Waals surface area contributed by atoms with Gasteiger partial charge in [-0.05, 0) is 55.2 Å². The SMILES string of the molecule is CC(N)=NC(Cc1ccncc1)C1(C(C)C)N=CN=C1Sc1cc(Cl)cc(Cl)c1. The van der Waals surface area contributed by atoms with Crippen LogP contribution in [0.4, 0.5) is 0 Å². The summed E-state index contributed by atoms with van der Waals surface area (Å²) in [5, 5.41) is 2.02. The van der Waals surface area contributed by atoms with Gasteiger partial charge in [0.1, 0.15) is 16.9 Å². The Kier molecular flexibility index (Phi) is 6.98. The van der Waals surface area contributed by atoms with Crippen LogP contribution in [0.25, 0.3) is 0 Å². The lowest BCUT2D eigenvalue weighted by molar-refractivity contribution is 0.355. The number of thioether (sulfide) groups is 1. The van der Waals surface area contributed by atoms with Crippen LogP contribution in [0.3, 0.4) is 0 Å². The highest BCUT2D eigenvalue weighted by molar-refractivity contribution is 8.14. The fourth-order valence-electron chi connectivity index (χ4n) is 3.44. The molecule has 2 heterocycles. The lowest BCUT2D eigenvalue weighted by Crippen LogP contribution is -2.50. The highest BCUT2D eigenvalue weighted by Crippen LogP contribution is 2.41. The fourth-order valence-corrected chi connectivity index (χ4v) is 5.38. The van der Waals surface area contributed by atoms with E-state index >= 15 is 0 Å². The van der Waals surface area contributed by atoms with Gasteiger partial charge in [-0.3, -0.25) is 15.0 Å². The van der Waals surface area contributed by atoms with E-state index in [0.717, 1.165) is 15.5 Å². The number of pyridine rings is 1. The van der Waals surface area contributed by atoms with Gasteiger partial charge in [-0.1, -0.05) is 48.8 Å². The molecule has 5 nitrogen and oxygen atoms in total. The predicted octanol–water partition coefficient (Wildman–Crippen LogP) is 5.30. The Morgan fingerprint density at radius 1 is 1.17 bits per heavy atom. The van der Waals surface area contributed by atoms with Gasteiger partial charge in [0, 0.05) is 27.3 Å². The second-order valence-electron chi connectivity index (χ2n) is 7.21. The molecule has 0 bridgehead atoms. The van der Waals surface area contributed by atoms with Crippen molar-refractivity contribution in [1.82, 2.24) is 4.98 Å². The van der Waals surface area contributed by atoms with Crippen molar-refractivity contribution in [3.05, 3.63) is 58.3 Å². The van der Waals surface area contributed by atoms with Crippen molar-refractivity contribution in [1.29, 1.82) is 0 Å². The van der Waals surface area contributed by atoms with Crippen molar-refractivity contribution in [3.8, 4) is 0 Å². The van der Waals surface area contributed by atoms with Gasteiger partial charge < -0.3 is 5.73 Å². The minimum atomic E-state index is -0.636.